The quantitative estimate of drug-likeness (QED) is 0.358. The van der Waals surface area contributed by atoms with Gasteiger partial charge in [-0.05, 0) is 32.0 Å². The SMILES string of the molecule is Cc1[nH]c2ccccc2c1C(=O)C(=O)NNC(=O)C(C)Oc1ccccc1F. The van der Waals surface area contributed by atoms with E-state index in [1.54, 1.807) is 31.2 Å². The van der Waals surface area contributed by atoms with E-state index in [4.69, 9.17) is 4.74 Å². The molecule has 8 heteroatoms. The van der Waals surface area contributed by atoms with E-state index >= 15 is 0 Å². The number of ketones is 1. The van der Waals surface area contributed by atoms with Crippen LogP contribution in [0.3, 0.4) is 0 Å². The van der Waals surface area contributed by atoms with E-state index in [9.17, 15) is 18.8 Å². The average Bonchev–Trinajstić information content (AvgIpc) is 3.02. The first-order valence-corrected chi connectivity index (χ1v) is 8.51. The molecule has 3 aromatic rings. The van der Waals surface area contributed by atoms with Crippen LogP contribution in [0.2, 0.25) is 0 Å². The number of nitrogens with one attached hydrogen (secondary N) is 3. The van der Waals surface area contributed by atoms with E-state index < -0.39 is 29.5 Å². The molecule has 1 heterocycles. The van der Waals surface area contributed by atoms with Crippen molar-refractivity contribution in [2.24, 2.45) is 0 Å². The van der Waals surface area contributed by atoms with Crippen molar-refractivity contribution in [3.8, 4) is 5.75 Å². The van der Waals surface area contributed by atoms with Gasteiger partial charge in [-0.25, -0.2) is 4.39 Å². The molecular weight excluding hydrogens is 365 g/mol. The first-order chi connectivity index (χ1) is 13.4. The Bertz CT molecular complexity index is 1060. The lowest BCUT2D eigenvalue weighted by Gasteiger charge is -2.15. The van der Waals surface area contributed by atoms with Gasteiger partial charge in [-0.15, -0.1) is 0 Å². The third kappa shape index (κ3) is 3.85. The summed E-state index contributed by atoms with van der Waals surface area (Å²) in [6.45, 7) is 3.07. The van der Waals surface area contributed by atoms with Gasteiger partial charge in [-0.1, -0.05) is 30.3 Å². The van der Waals surface area contributed by atoms with Gasteiger partial charge in [-0.2, -0.15) is 0 Å². The molecule has 1 aromatic heterocycles. The standard InChI is InChI=1S/C20H18FN3O4/c1-11-17(13-7-3-5-9-15(13)22-11)18(25)20(27)24-23-19(26)12(2)28-16-10-6-4-8-14(16)21/h3-10,12,22H,1-2H3,(H,23,26)(H,24,27). The van der Waals surface area contributed by atoms with Gasteiger partial charge in [0.2, 0.25) is 0 Å². The number of ether oxygens (including phenoxy) is 1. The molecule has 0 fully saturated rings. The minimum atomic E-state index is -1.10. The Morgan fingerprint density at radius 2 is 1.71 bits per heavy atom. The second-order valence-electron chi connectivity index (χ2n) is 6.13. The van der Waals surface area contributed by atoms with Gasteiger partial charge in [0.05, 0.1) is 5.56 Å². The minimum Gasteiger partial charge on any atom is -0.478 e. The molecule has 1 unspecified atom stereocenters. The number of Topliss-reactive ketones (excluding diaryl/α,β-unsaturated/α-hetero) is 1. The molecule has 2 amide bonds. The number of H-pyrrole nitrogens is 1. The third-order valence-electron chi connectivity index (χ3n) is 4.14. The molecule has 0 saturated heterocycles. The Kier molecular flexibility index (Phi) is 5.39. The van der Waals surface area contributed by atoms with Crippen LogP contribution in [0.4, 0.5) is 4.39 Å². The largest absolute Gasteiger partial charge is 0.478 e. The number of hydrazine groups is 1. The molecule has 0 bridgehead atoms. The minimum absolute atomic E-state index is 0.0954. The smallest absolute Gasteiger partial charge is 0.310 e. The second-order valence-corrected chi connectivity index (χ2v) is 6.13. The number of halogens is 1. The second kappa shape index (κ2) is 7.91. The van der Waals surface area contributed by atoms with E-state index in [0.717, 1.165) is 5.52 Å². The molecular formula is C20H18FN3O4. The fourth-order valence-electron chi connectivity index (χ4n) is 2.74. The van der Waals surface area contributed by atoms with Crippen LogP contribution in [0, 0.1) is 12.7 Å². The van der Waals surface area contributed by atoms with E-state index in [0.29, 0.717) is 11.1 Å². The van der Waals surface area contributed by atoms with Crippen LogP contribution in [0.25, 0.3) is 10.9 Å². The summed E-state index contributed by atoms with van der Waals surface area (Å²) in [4.78, 5) is 39.8. The van der Waals surface area contributed by atoms with Crippen molar-refractivity contribution in [3.63, 3.8) is 0 Å². The Hall–Kier alpha value is -3.68. The number of para-hydroxylation sites is 2. The van der Waals surface area contributed by atoms with E-state index in [1.165, 1.54) is 25.1 Å². The lowest BCUT2D eigenvalue weighted by Crippen LogP contribution is -2.49. The van der Waals surface area contributed by atoms with Gasteiger partial charge >= 0.3 is 5.91 Å². The number of aromatic nitrogens is 1. The molecule has 0 aliphatic rings. The molecule has 7 nitrogen and oxygen atoms in total. The Balaban J connectivity index is 1.63. The van der Waals surface area contributed by atoms with Crippen molar-refractivity contribution in [1.29, 1.82) is 0 Å². The highest BCUT2D eigenvalue weighted by atomic mass is 19.1. The molecule has 144 valence electrons. The summed E-state index contributed by atoms with van der Waals surface area (Å²) in [6.07, 6.45) is -1.10. The van der Waals surface area contributed by atoms with Crippen LogP contribution in [0.15, 0.2) is 48.5 Å². The van der Waals surface area contributed by atoms with Crippen LogP contribution in [0.1, 0.15) is 23.0 Å². The molecule has 0 saturated carbocycles. The van der Waals surface area contributed by atoms with Crippen molar-refractivity contribution in [2.75, 3.05) is 0 Å². The molecule has 0 spiro atoms. The van der Waals surface area contributed by atoms with Crippen molar-refractivity contribution < 1.29 is 23.5 Å². The first-order valence-electron chi connectivity index (χ1n) is 8.51. The number of benzene rings is 2. The maximum atomic E-state index is 13.6. The van der Waals surface area contributed by atoms with E-state index in [2.05, 4.69) is 15.8 Å². The maximum Gasteiger partial charge on any atom is 0.310 e. The molecule has 1 atom stereocenters. The van der Waals surface area contributed by atoms with Gasteiger partial charge in [0, 0.05) is 16.6 Å². The number of amides is 2. The zero-order valence-electron chi connectivity index (χ0n) is 15.2. The molecule has 0 aliphatic heterocycles. The first kappa shape index (κ1) is 19.1. The highest BCUT2D eigenvalue weighted by molar-refractivity contribution is 6.45. The van der Waals surface area contributed by atoms with Crippen molar-refractivity contribution >= 4 is 28.5 Å². The summed E-state index contributed by atoms with van der Waals surface area (Å²) >= 11 is 0. The maximum absolute atomic E-state index is 13.6. The summed E-state index contributed by atoms with van der Waals surface area (Å²) < 4.78 is 18.8. The Morgan fingerprint density at radius 1 is 1.04 bits per heavy atom. The van der Waals surface area contributed by atoms with Gasteiger partial charge in [0.25, 0.3) is 11.7 Å². The number of hydrogen-bond acceptors (Lipinski definition) is 4. The number of carbonyl (C=O) groups is 3. The monoisotopic (exact) mass is 383 g/mol. The van der Waals surface area contributed by atoms with Gasteiger partial charge < -0.3 is 9.72 Å². The third-order valence-corrected chi connectivity index (χ3v) is 4.14. The molecule has 3 N–H and O–H groups in total. The van der Waals surface area contributed by atoms with Crippen LogP contribution in [-0.2, 0) is 9.59 Å². The van der Waals surface area contributed by atoms with Crippen molar-refractivity contribution in [1.82, 2.24) is 15.8 Å². The number of aromatic amines is 1. The van der Waals surface area contributed by atoms with Gasteiger partial charge in [0.1, 0.15) is 0 Å². The average molecular weight is 383 g/mol. The van der Waals surface area contributed by atoms with Crippen LogP contribution in [0.5, 0.6) is 5.75 Å². The Morgan fingerprint density at radius 3 is 2.46 bits per heavy atom. The summed E-state index contributed by atoms with van der Waals surface area (Å²) in [6, 6.07) is 12.7. The highest BCUT2D eigenvalue weighted by Crippen LogP contribution is 2.22. The summed E-state index contributed by atoms with van der Waals surface area (Å²) in [5, 5.41) is 0.614. The lowest BCUT2D eigenvalue weighted by atomic mass is 10.1. The zero-order chi connectivity index (χ0) is 20.3. The molecule has 3 rings (SSSR count). The fourth-order valence-corrected chi connectivity index (χ4v) is 2.74. The van der Waals surface area contributed by atoms with Crippen LogP contribution in [-0.4, -0.2) is 28.7 Å². The number of fused-ring (bicyclic) bond motifs is 1. The number of hydrogen-bond donors (Lipinski definition) is 3. The fraction of sp³-hybridized carbons (Fsp3) is 0.150. The Labute approximate surface area is 159 Å². The molecule has 28 heavy (non-hydrogen) atoms. The highest BCUT2D eigenvalue weighted by Gasteiger charge is 2.24. The topological polar surface area (TPSA) is 100 Å². The van der Waals surface area contributed by atoms with Crippen molar-refractivity contribution in [3.05, 3.63) is 65.6 Å². The molecule has 0 radical (unpaired) electrons. The van der Waals surface area contributed by atoms with E-state index in [-0.39, 0.29) is 11.3 Å². The predicted octanol–water partition coefficient (Wildman–Crippen LogP) is 2.41. The zero-order valence-corrected chi connectivity index (χ0v) is 15.2. The number of rotatable bonds is 5. The van der Waals surface area contributed by atoms with Gasteiger partial charge in [-0.3, -0.25) is 25.2 Å². The number of aryl methyl sites for hydroxylation is 1. The molecule has 2 aromatic carbocycles. The lowest BCUT2D eigenvalue weighted by molar-refractivity contribution is -0.131. The normalized spacial score (nSPS) is 11.7. The van der Waals surface area contributed by atoms with Crippen molar-refractivity contribution in [2.45, 2.75) is 20.0 Å². The van der Waals surface area contributed by atoms with Crippen LogP contribution < -0.4 is 15.6 Å². The molecule has 0 aliphatic carbocycles. The summed E-state index contributed by atoms with van der Waals surface area (Å²) in [5.41, 5.74) is 5.69. The predicted molar refractivity (Wildman–Crippen MR) is 100 cm³/mol. The van der Waals surface area contributed by atoms with Gasteiger partial charge in [0.15, 0.2) is 17.7 Å². The number of carbonyl (C=O) groups excluding carboxylic acids is 3. The summed E-state index contributed by atoms with van der Waals surface area (Å²) in [5.74, 6) is -3.24. The van der Waals surface area contributed by atoms with E-state index in [1.807, 2.05) is 6.07 Å². The summed E-state index contributed by atoms with van der Waals surface area (Å²) in [7, 11) is 0. The van der Waals surface area contributed by atoms with Crippen LogP contribution >= 0.6 is 0 Å².